The minimum absolute atomic E-state index is 0.0348. The van der Waals surface area contributed by atoms with Crippen LogP contribution >= 0.6 is 0 Å². The lowest BCUT2D eigenvalue weighted by molar-refractivity contribution is 0.0906. The number of fused-ring (bicyclic) bond motifs is 5. The van der Waals surface area contributed by atoms with Crippen LogP contribution in [0.25, 0.3) is 21.7 Å². The lowest BCUT2D eigenvalue weighted by atomic mass is 9.76. The average Bonchev–Trinajstić information content (AvgIpc) is 3.05. The van der Waals surface area contributed by atoms with Crippen LogP contribution in [0.3, 0.4) is 0 Å². The molecule has 0 bridgehead atoms. The maximum absolute atomic E-state index is 13.1. The first-order valence-electron chi connectivity index (χ1n) is 10.2. The first-order valence-corrected chi connectivity index (χ1v) is 11.7. The average molecular weight is 434 g/mol. The molecule has 0 amide bonds. The van der Waals surface area contributed by atoms with Crippen LogP contribution in [0.15, 0.2) is 63.9 Å². The summed E-state index contributed by atoms with van der Waals surface area (Å²) in [7, 11) is -3.79. The van der Waals surface area contributed by atoms with Crippen LogP contribution in [0.4, 0.5) is 5.69 Å². The van der Waals surface area contributed by atoms with Gasteiger partial charge < -0.3 is 4.42 Å². The minimum atomic E-state index is -3.79. The second-order valence-corrected chi connectivity index (χ2v) is 10.8. The third-order valence-electron chi connectivity index (χ3n) is 5.90. The summed E-state index contributed by atoms with van der Waals surface area (Å²) in [5, 5.41) is 2.17. The number of rotatable bonds is 3. The number of nitrogens with one attached hydrogen (secondary N) is 1. The standard InChI is InChI=1S/C25H23NO4S/c1-15-8-10-16(11-9-15)31(28,29)26-20-12-19-23-21(27)13-25(2,3)14-22(23)30-24(19)18-7-5-4-6-17(18)20/h4-12,26H,13-14H2,1-3H3. The van der Waals surface area contributed by atoms with E-state index in [2.05, 4.69) is 18.6 Å². The number of Topliss-reactive ketones (excluding diaryl/α,β-unsaturated/α-hetero) is 1. The maximum atomic E-state index is 13.1. The molecular weight excluding hydrogens is 410 g/mol. The zero-order chi connectivity index (χ0) is 22.0. The van der Waals surface area contributed by atoms with E-state index in [4.69, 9.17) is 4.42 Å². The second kappa shape index (κ2) is 6.69. The Hall–Kier alpha value is -3.12. The number of hydrogen-bond donors (Lipinski definition) is 1. The molecule has 4 aromatic rings. The van der Waals surface area contributed by atoms with Gasteiger partial charge >= 0.3 is 0 Å². The highest BCUT2D eigenvalue weighted by atomic mass is 32.2. The summed E-state index contributed by atoms with van der Waals surface area (Å²) >= 11 is 0. The van der Waals surface area contributed by atoms with Gasteiger partial charge in [0, 0.05) is 29.0 Å². The van der Waals surface area contributed by atoms with E-state index in [0.29, 0.717) is 40.8 Å². The van der Waals surface area contributed by atoms with Crippen LogP contribution in [0.5, 0.6) is 0 Å². The Morgan fingerprint density at radius 1 is 0.935 bits per heavy atom. The molecule has 0 saturated heterocycles. The van der Waals surface area contributed by atoms with E-state index in [0.717, 1.165) is 16.3 Å². The Morgan fingerprint density at radius 3 is 2.32 bits per heavy atom. The van der Waals surface area contributed by atoms with E-state index in [-0.39, 0.29) is 16.1 Å². The molecule has 0 fully saturated rings. The van der Waals surface area contributed by atoms with E-state index in [1.54, 1.807) is 30.3 Å². The fourth-order valence-corrected chi connectivity index (χ4v) is 5.50. The highest BCUT2D eigenvalue weighted by Crippen LogP contribution is 2.43. The van der Waals surface area contributed by atoms with Gasteiger partial charge in [0.2, 0.25) is 0 Å². The number of ketones is 1. The number of hydrogen-bond acceptors (Lipinski definition) is 4. The largest absolute Gasteiger partial charge is 0.460 e. The molecule has 0 atom stereocenters. The Kier molecular flexibility index (Phi) is 4.28. The van der Waals surface area contributed by atoms with Crippen LogP contribution in [0.2, 0.25) is 0 Å². The fourth-order valence-electron chi connectivity index (χ4n) is 4.42. The van der Waals surface area contributed by atoms with Gasteiger partial charge in [-0.15, -0.1) is 0 Å². The number of aryl methyl sites for hydroxylation is 1. The van der Waals surface area contributed by atoms with Crippen molar-refractivity contribution in [1.82, 2.24) is 0 Å². The zero-order valence-corrected chi connectivity index (χ0v) is 18.5. The summed E-state index contributed by atoms with van der Waals surface area (Å²) < 4.78 is 35.1. The topological polar surface area (TPSA) is 76.4 Å². The summed E-state index contributed by atoms with van der Waals surface area (Å²) in [6.07, 6.45) is 1.10. The van der Waals surface area contributed by atoms with Crippen molar-refractivity contribution in [2.24, 2.45) is 5.41 Å². The SMILES string of the molecule is Cc1ccc(S(=O)(=O)Nc2cc3c4c(oc3c3ccccc23)CC(C)(C)CC4=O)cc1. The van der Waals surface area contributed by atoms with Gasteiger partial charge in [0.1, 0.15) is 11.3 Å². The Balaban J connectivity index is 1.72. The van der Waals surface area contributed by atoms with Crippen molar-refractivity contribution in [2.75, 3.05) is 4.72 Å². The van der Waals surface area contributed by atoms with E-state index in [1.807, 2.05) is 31.2 Å². The zero-order valence-electron chi connectivity index (χ0n) is 17.7. The van der Waals surface area contributed by atoms with E-state index >= 15 is 0 Å². The molecule has 6 heteroatoms. The van der Waals surface area contributed by atoms with Gasteiger partial charge in [0.25, 0.3) is 10.0 Å². The summed E-state index contributed by atoms with van der Waals surface area (Å²) in [6.45, 7) is 6.02. The van der Waals surface area contributed by atoms with Gasteiger partial charge in [0.05, 0.1) is 16.1 Å². The minimum Gasteiger partial charge on any atom is -0.460 e. The fraction of sp³-hybridized carbons (Fsp3) is 0.240. The Morgan fingerprint density at radius 2 is 1.61 bits per heavy atom. The quantitative estimate of drug-likeness (QED) is 0.440. The molecule has 0 aliphatic heterocycles. The predicted molar refractivity (Wildman–Crippen MR) is 122 cm³/mol. The normalized spacial score (nSPS) is 15.9. The second-order valence-electron chi connectivity index (χ2n) is 9.11. The molecule has 31 heavy (non-hydrogen) atoms. The highest BCUT2D eigenvalue weighted by Gasteiger charge is 2.35. The first kappa shape index (κ1) is 19.8. The van der Waals surface area contributed by atoms with Gasteiger partial charge in [-0.2, -0.15) is 0 Å². The smallest absolute Gasteiger partial charge is 0.261 e. The number of carbonyl (C=O) groups excluding carboxylic acids is 1. The third kappa shape index (κ3) is 3.31. The van der Waals surface area contributed by atoms with Gasteiger partial charge in [-0.3, -0.25) is 9.52 Å². The van der Waals surface area contributed by atoms with Crippen LogP contribution in [-0.4, -0.2) is 14.2 Å². The van der Waals surface area contributed by atoms with E-state index in [9.17, 15) is 13.2 Å². The molecule has 5 nitrogen and oxygen atoms in total. The molecular formula is C25H23NO4S. The van der Waals surface area contributed by atoms with Crippen molar-refractivity contribution in [3.8, 4) is 0 Å². The van der Waals surface area contributed by atoms with Crippen LogP contribution in [0, 0.1) is 12.3 Å². The van der Waals surface area contributed by atoms with Gasteiger partial charge in [-0.05, 0) is 30.5 Å². The van der Waals surface area contributed by atoms with Crippen molar-refractivity contribution >= 4 is 43.2 Å². The van der Waals surface area contributed by atoms with Gasteiger partial charge in [-0.25, -0.2) is 8.42 Å². The molecule has 1 aliphatic rings. The molecule has 1 aliphatic carbocycles. The molecule has 1 N–H and O–H groups in total. The highest BCUT2D eigenvalue weighted by molar-refractivity contribution is 7.92. The molecule has 158 valence electrons. The van der Waals surface area contributed by atoms with E-state index in [1.165, 1.54) is 0 Å². The molecule has 0 saturated carbocycles. The number of furan rings is 1. The maximum Gasteiger partial charge on any atom is 0.261 e. The van der Waals surface area contributed by atoms with Crippen LogP contribution in [0.1, 0.15) is 41.9 Å². The molecule has 5 rings (SSSR count). The number of carbonyl (C=O) groups is 1. The summed E-state index contributed by atoms with van der Waals surface area (Å²) in [5.74, 6) is 0.715. The van der Waals surface area contributed by atoms with Crippen LogP contribution < -0.4 is 4.72 Å². The lowest BCUT2D eigenvalue weighted by Crippen LogP contribution is -2.25. The van der Waals surface area contributed by atoms with Crippen molar-refractivity contribution in [1.29, 1.82) is 0 Å². The van der Waals surface area contributed by atoms with Crippen LogP contribution in [-0.2, 0) is 16.4 Å². The Bertz CT molecular complexity index is 1460. The summed E-state index contributed by atoms with van der Waals surface area (Å²) in [4.78, 5) is 13.2. The molecule has 1 heterocycles. The van der Waals surface area contributed by atoms with Crippen molar-refractivity contribution in [2.45, 2.75) is 38.5 Å². The molecule has 0 spiro atoms. The molecule has 0 unspecified atom stereocenters. The van der Waals surface area contributed by atoms with Crippen molar-refractivity contribution in [3.05, 3.63) is 71.5 Å². The van der Waals surface area contributed by atoms with Gasteiger partial charge in [-0.1, -0.05) is 55.8 Å². The summed E-state index contributed by atoms with van der Waals surface area (Å²) in [5.41, 5.74) is 2.46. The lowest BCUT2D eigenvalue weighted by Gasteiger charge is -2.27. The van der Waals surface area contributed by atoms with E-state index < -0.39 is 10.0 Å². The molecule has 1 aromatic heterocycles. The first-order chi connectivity index (χ1) is 14.6. The molecule has 0 radical (unpaired) electrons. The Labute approximate surface area is 181 Å². The predicted octanol–water partition coefficient (Wildman–Crippen LogP) is 5.85. The number of benzene rings is 3. The van der Waals surface area contributed by atoms with Gasteiger partial charge in [0.15, 0.2) is 5.78 Å². The third-order valence-corrected chi connectivity index (χ3v) is 7.28. The van der Waals surface area contributed by atoms with Crippen molar-refractivity contribution in [3.63, 3.8) is 0 Å². The number of anilines is 1. The van der Waals surface area contributed by atoms with Crippen molar-refractivity contribution < 1.29 is 17.6 Å². The molecule has 3 aromatic carbocycles. The number of sulfonamides is 1. The summed E-state index contributed by atoms with van der Waals surface area (Å²) in [6, 6.07) is 15.9. The monoisotopic (exact) mass is 433 g/mol.